The van der Waals surface area contributed by atoms with E-state index in [-0.39, 0.29) is 16.7 Å². The molecular formula is C34H39NO6. The van der Waals surface area contributed by atoms with Gasteiger partial charge < -0.3 is 19.3 Å². The van der Waals surface area contributed by atoms with Crippen molar-refractivity contribution in [1.29, 1.82) is 0 Å². The van der Waals surface area contributed by atoms with Gasteiger partial charge in [0.25, 0.3) is 11.7 Å². The first-order valence-electron chi connectivity index (χ1n) is 13.9. The highest BCUT2D eigenvalue weighted by Crippen LogP contribution is 2.44. The van der Waals surface area contributed by atoms with Gasteiger partial charge in [0, 0.05) is 16.8 Å². The van der Waals surface area contributed by atoms with Crippen LogP contribution in [0.5, 0.6) is 17.2 Å². The summed E-state index contributed by atoms with van der Waals surface area (Å²) in [7, 11) is 1.56. The Kier molecular flexibility index (Phi) is 8.76. The molecule has 3 aromatic carbocycles. The zero-order valence-electron chi connectivity index (χ0n) is 24.9. The average molecular weight is 558 g/mol. The molecule has 0 bridgehead atoms. The molecule has 1 fully saturated rings. The molecule has 1 amide bonds. The number of rotatable bonds is 9. The molecule has 0 saturated carbocycles. The van der Waals surface area contributed by atoms with Crippen molar-refractivity contribution in [3.8, 4) is 17.2 Å². The lowest BCUT2D eigenvalue weighted by Crippen LogP contribution is -2.29. The largest absolute Gasteiger partial charge is 0.507 e. The number of carbonyl (C=O) groups excluding carboxylic acids is 2. The third-order valence-corrected chi connectivity index (χ3v) is 6.91. The topological polar surface area (TPSA) is 85.3 Å². The number of amides is 1. The second-order valence-corrected chi connectivity index (χ2v) is 11.5. The number of aliphatic hydroxyl groups excluding tert-OH is 1. The highest BCUT2D eigenvalue weighted by Gasteiger charge is 2.47. The molecule has 216 valence electrons. The van der Waals surface area contributed by atoms with Gasteiger partial charge in [-0.2, -0.15) is 0 Å². The summed E-state index contributed by atoms with van der Waals surface area (Å²) in [5.41, 5.74) is 2.17. The number of aliphatic hydroxyl groups is 1. The Hall–Kier alpha value is -4.26. The van der Waals surface area contributed by atoms with E-state index in [1.807, 2.05) is 19.1 Å². The van der Waals surface area contributed by atoms with Crippen molar-refractivity contribution in [2.75, 3.05) is 25.2 Å². The lowest BCUT2D eigenvalue weighted by Gasteiger charge is -2.26. The van der Waals surface area contributed by atoms with Crippen LogP contribution in [0.4, 0.5) is 5.69 Å². The lowest BCUT2D eigenvalue weighted by atomic mass is 9.84. The highest BCUT2D eigenvalue weighted by atomic mass is 16.5. The third kappa shape index (κ3) is 6.24. The zero-order chi connectivity index (χ0) is 29.9. The van der Waals surface area contributed by atoms with Crippen LogP contribution in [0.2, 0.25) is 0 Å². The maximum Gasteiger partial charge on any atom is 0.300 e. The molecule has 1 unspecified atom stereocenters. The number of nitrogens with zero attached hydrogens (tertiary/aromatic N) is 1. The van der Waals surface area contributed by atoms with Crippen molar-refractivity contribution in [1.82, 2.24) is 0 Å². The minimum absolute atomic E-state index is 0.00686. The first-order chi connectivity index (χ1) is 19.5. The third-order valence-electron chi connectivity index (χ3n) is 6.91. The summed E-state index contributed by atoms with van der Waals surface area (Å²) in [6.07, 6.45) is 0. The summed E-state index contributed by atoms with van der Waals surface area (Å²) in [6.45, 7) is 13.3. The van der Waals surface area contributed by atoms with Crippen LogP contribution in [0.1, 0.15) is 64.3 Å². The van der Waals surface area contributed by atoms with E-state index >= 15 is 0 Å². The molecule has 0 radical (unpaired) electrons. The second-order valence-electron chi connectivity index (χ2n) is 11.5. The monoisotopic (exact) mass is 557 g/mol. The van der Waals surface area contributed by atoms with Crippen molar-refractivity contribution >= 4 is 23.1 Å². The average Bonchev–Trinajstić information content (AvgIpc) is 3.21. The standard InChI is InChI=1S/C34H39NO6/c1-8-40-28-17-12-23(19-27(28)34(4,5)6)31(36)29-30(22-10-9-11-26(18-22)39-7)35(33(38)32(29)37)24-13-15-25(16-14-24)41-20-21(2)3/h9-19,21,30,36H,8,20H2,1-7H3/b31-29-. The van der Waals surface area contributed by atoms with Crippen LogP contribution in [-0.4, -0.2) is 37.1 Å². The predicted octanol–water partition coefficient (Wildman–Crippen LogP) is 7.05. The number of ether oxygens (including phenoxy) is 3. The second kappa shape index (κ2) is 12.1. The van der Waals surface area contributed by atoms with Gasteiger partial charge in [0.05, 0.1) is 31.9 Å². The molecule has 7 nitrogen and oxygen atoms in total. The molecule has 1 heterocycles. The Morgan fingerprint density at radius 2 is 1.66 bits per heavy atom. The van der Waals surface area contributed by atoms with Gasteiger partial charge in [0.1, 0.15) is 23.0 Å². The fourth-order valence-electron chi connectivity index (χ4n) is 4.89. The van der Waals surface area contributed by atoms with E-state index in [9.17, 15) is 14.7 Å². The lowest BCUT2D eigenvalue weighted by molar-refractivity contribution is -0.132. The van der Waals surface area contributed by atoms with E-state index in [4.69, 9.17) is 14.2 Å². The van der Waals surface area contributed by atoms with Gasteiger partial charge in [-0.15, -0.1) is 0 Å². The van der Waals surface area contributed by atoms with Crippen molar-refractivity contribution in [2.24, 2.45) is 5.92 Å². The molecule has 1 saturated heterocycles. The van der Waals surface area contributed by atoms with Crippen molar-refractivity contribution < 1.29 is 28.9 Å². The van der Waals surface area contributed by atoms with Gasteiger partial charge in [-0.1, -0.05) is 46.8 Å². The summed E-state index contributed by atoms with van der Waals surface area (Å²) in [5.74, 6) is 0.578. The van der Waals surface area contributed by atoms with Crippen molar-refractivity contribution in [3.05, 3.63) is 89.0 Å². The Morgan fingerprint density at radius 3 is 2.27 bits per heavy atom. The minimum Gasteiger partial charge on any atom is -0.507 e. The van der Waals surface area contributed by atoms with E-state index in [0.717, 1.165) is 5.56 Å². The summed E-state index contributed by atoms with van der Waals surface area (Å²) in [6, 6.07) is 18.7. The van der Waals surface area contributed by atoms with Crippen LogP contribution in [0.25, 0.3) is 5.76 Å². The molecule has 1 atom stereocenters. The molecule has 1 aliphatic rings. The van der Waals surface area contributed by atoms with E-state index in [0.29, 0.717) is 53.2 Å². The van der Waals surface area contributed by atoms with Gasteiger partial charge in [0.15, 0.2) is 0 Å². The predicted molar refractivity (Wildman–Crippen MR) is 161 cm³/mol. The normalized spacial score (nSPS) is 16.8. The van der Waals surface area contributed by atoms with Crippen LogP contribution in [0, 0.1) is 5.92 Å². The summed E-state index contributed by atoms with van der Waals surface area (Å²) < 4.78 is 17.1. The maximum absolute atomic E-state index is 13.6. The zero-order valence-corrected chi connectivity index (χ0v) is 24.9. The molecule has 0 aliphatic carbocycles. The van der Waals surface area contributed by atoms with Crippen LogP contribution in [0.3, 0.4) is 0 Å². The Labute approximate surface area is 242 Å². The molecule has 0 aromatic heterocycles. The number of ketones is 1. The SMILES string of the molecule is CCOc1ccc(/C(O)=C2/C(=O)C(=O)N(c3ccc(OCC(C)C)cc3)C2c2cccc(OC)c2)cc1C(C)(C)C. The number of hydrogen-bond acceptors (Lipinski definition) is 6. The Bertz CT molecular complexity index is 1450. The number of Topliss-reactive ketones (excluding diaryl/α,β-unsaturated/α-hetero) is 1. The van der Waals surface area contributed by atoms with Gasteiger partial charge in [-0.3, -0.25) is 14.5 Å². The number of benzene rings is 3. The maximum atomic E-state index is 13.6. The van der Waals surface area contributed by atoms with Crippen molar-refractivity contribution in [3.63, 3.8) is 0 Å². The van der Waals surface area contributed by atoms with Crippen LogP contribution in [-0.2, 0) is 15.0 Å². The summed E-state index contributed by atoms with van der Waals surface area (Å²) in [4.78, 5) is 28.7. The Balaban J connectivity index is 1.88. The molecular weight excluding hydrogens is 518 g/mol. The number of methoxy groups -OCH3 is 1. The van der Waals surface area contributed by atoms with Crippen LogP contribution in [0.15, 0.2) is 72.3 Å². The van der Waals surface area contributed by atoms with Gasteiger partial charge >= 0.3 is 0 Å². The number of carbonyl (C=O) groups is 2. The van der Waals surface area contributed by atoms with Crippen LogP contribution >= 0.6 is 0 Å². The molecule has 7 heteroatoms. The molecule has 0 spiro atoms. The molecule has 4 rings (SSSR count). The fourth-order valence-corrected chi connectivity index (χ4v) is 4.89. The first kappa shape index (κ1) is 29.7. The quantitative estimate of drug-likeness (QED) is 0.172. The Morgan fingerprint density at radius 1 is 0.951 bits per heavy atom. The minimum atomic E-state index is -0.878. The first-order valence-corrected chi connectivity index (χ1v) is 13.9. The van der Waals surface area contributed by atoms with E-state index in [1.165, 1.54) is 4.90 Å². The fraction of sp³-hybridized carbons (Fsp3) is 0.353. The van der Waals surface area contributed by atoms with E-state index < -0.39 is 17.7 Å². The van der Waals surface area contributed by atoms with E-state index in [2.05, 4.69) is 34.6 Å². The number of hydrogen-bond donors (Lipinski definition) is 1. The smallest absolute Gasteiger partial charge is 0.300 e. The highest BCUT2D eigenvalue weighted by molar-refractivity contribution is 6.51. The van der Waals surface area contributed by atoms with Crippen LogP contribution < -0.4 is 19.1 Å². The van der Waals surface area contributed by atoms with Gasteiger partial charge in [0.2, 0.25) is 0 Å². The molecule has 41 heavy (non-hydrogen) atoms. The molecule has 1 N–H and O–H groups in total. The summed E-state index contributed by atoms with van der Waals surface area (Å²) in [5, 5.41) is 11.7. The summed E-state index contributed by atoms with van der Waals surface area (Å²) >= 11 is 0. The molecule has 3 aromatic rings. The number of anilines is 1. The van der Waals surface area contributed by atoms with Crippen molar-refractivity contribution in [2.45, 2.75) is 53.0 Å². The van der Waals surface area contributed by atoms with Gasteiger partial charge in [-0.25, -0.2) is 0 Å². The molecule has 1 aliphatic heterocycles. The van der Waals surface area contributed by atoms with Gasteiger partial charge in [-0.05, 0) is 78.4 Å². The van der Waals surface area contributed by atoms with E-state index in [1.54, 1.807) is 61.7 Å².